The van der Waals surface area contributed by atoms with Gasteiger partial charge in [-0.3, -0.25) is 4.79 Å². The number of rotatable bonds is 11. The van der Waals surface area contributed by atoms with Crippen molar-refractivity contribution < 1.29 is 23.7 Å². The third-order valence-electron chi connectivity index (χ3n) is 5.45. The molecule has 1 aliphatic heterocycles. The van der Waals surface area contributed by atoms with Crippen LogP contribution in [0.3, 0.4) is 0 Å². The van der Waals surface area contributed by atoms with Gasteiger partial charge in [-0.25, -0.2) is 0 Å². The van der Waals surface area contributed by atoms with Crippen LogP contribution in [0, 0.1) is 27.7 Å². The molecule has 2 unspecified atom stereocenters. The number of nitrogens with one attached hydrogen (secondary N) is 1. The molecule has 1 fully saturated rings. The maximum atomic E-state index is 12.3. The Balaban J connectivity index is 1.75. The van der Waals surface area contributed by atoms with Crippen molar-refractivity contribution in [2.24, 2.45) is 0 Å². The van der Waals surface area contributed by atoms with Crippen molar-refractivity contribution in [3.05, 3.63) is 52.1 Å². The summed E-state index contributed by atoms with van der Waals surface area (Å²) in [6.07, 6.45) is 0.799. The molecule has 2 atom stereocenters. The van der Waals surface area contributed by atoms with E-state index in [1.54, 1.807) is 0 Å². The van der Waals surface area contributed by atoms with E-state index in [-0.39, 0.29) is 18.1 Å². The second-order valence-electron chi connectivity index (χ2n) is 8.38. The van der Waals surface area contributed by atoms with Crippen molar-refractivity contribution in [3.63, 3.8) is 0 Å². The van der Waals surface area contributed by atoms with Gasteiger partial charge in [0.2, 0.25) is 0 Å². The normalized spacial score (nSPS) is 15.9. The molecule has 1 saturated heterocycles. The molecular weight excluding hydrogens is 406 g/mol. The summed E-state index contributed by atoms with van der Waals surface area (Å²) in [7, 11) is 0. The Labute approximate surface area is 191 Å². The lowest BCUT2D eigenvalue weighted by Gasteiger charge is -2.19. The van der Waals surface area contributed by atoms with Gasteiger partial charge in [-0.1, -0.05) is 19.1 Å². The van der Waals surface area contributed by atoms with E-state index in [0.29, 0.717) is 26.2 Å². The van der Waals surface area contributed by atoms with E-state index in [4.69, 9.17) is 18.9 Å². The minimum absolute atomic E-state index is 0.216. The minimum atomic E-state index is -0.357. The molecule has 0 spiro atoms. The van der Waals surface area contributed by atoms with Crippen molar-refractivity contribution in [2.75, 3.05) is 26.4 Å². The zero-order valence-corrected chi connectivity index (χ0v) is 20.0. The summed E-state index contributed by atoms with van der Waals surface area (Å²) in [6.45, 7) is 14.4. The molecule has 6 heteroatoms. The van der Waals surface area contributed by atoms with Crippen molar-refractivity contribution >= 4 is 5.97 Å². The van der Waals surface area contributed by atoms with Gasteiger partial charge in [0.15, 0.2) is 0 Å². The third kappa shape index (κ3) is 6.24. The van der Waals surface area contributed by atoms with E-state index >= 15 is 0 Å². The first-order valence-corrected chi connectivity index (χ1v) is 11.4. The lowest BCUT2D eigenvalue weighted by molar-refractivity contribution is -0.145. The summed E-state index contributed by atoms with van der Waals surface area (Å²) >= 11 is 0. The Kier molecular flexibility index (Phi) is 8.15. The molecule has 6 nitrogen and oxygen atoms in total. The highest BCUT2D eigenvalue weighted by Crippen LogP contribution is 2.35. The molecule has 32 heavy (non-hydrogen) atoms. The molecule has 0 bridgehead atoms. The van der Waals surface area contributed by atoms with E-state index in [0.717, 1.165) is 51.7 Å². The van der Waals surface area contributed by atoms with Crippen LogP contribution in [0.15, 0.2) is 24.3 Å². The number of esters is 1. The Morgan fingerprint density at radius 3 is 2.16 bits per heavy atom. The smallest absolute Gasteiger partial charge is 0.323 e. The van der Waals surface area contributed by atoms with Crippen LogP contribution in [0.4, 0.5) is 0 Å². The maximum Gasteiger partial charge on any atom is 0.323 e. The number of likely N-dealkylation sites (N-methyl/N-ethyl adjacent to an activating group) is 1. The molecule has 1 aliphatic rings. The molecule has 2 aromatic rings. The van der Waals surface area contributed by atoms with Gasteiger partial charge in [0.1, 0.15) is 36.0 Å². The van der Waals surface area contributed by atoms with E-state index in [1.807, 2.05) is 53.7 Å². The number of hydrogen-bond donors (Lipinski definition) is 1. The van der Waals surface area contributed by atoms with Crippen molar-refractivity contribution in [1.29, 1.82) is 0 Å². The van der Waals surface area contributed by atoms with Gasteiger partial charge in [0.25, 0.3) is 0 Å². The Hall–Kier alpha value is -2.57. The second-order valence-corrected chi connectivity index (χ2v) is 8.38. The quantitative estimate of drug-likeness (QED) is 0.407. The Morgan fingerprint density at radius 1 is 1.03 bits per heavy atom. The average molecular weight is 442 g/mol. The first kappa shape index (κ1) is 24.1. The monoisotopic (exact) mass is 441 g/mol. The topological polar surface area (TPSA) is 69.3 Å². The fraction of sp³-hybridized carbons (Fsp3) is 0.500. The summed E-state index contributed by atoms with van der Waals surface area (Å²) in [5.41, 5.74) is 5.21. The van der Waals surface area contributed by atoms with Gasteiger partial charge >= 0.3 is 5.97 Å². The number of epoxide rings is 1. The summed E-state index contributed by atoms with van der Waals surface area (Å²) in [4.78, 5) is 12.3. The van der Waals surface area contributed by atoms with Crippen LogP contribution < -0.4 is 14.8 Å². The summed E-state index contributed by atoms with van der Waals surface area (Å²) in [5.74, 6) is 2.30. The second kappa shape index (κ2) is 10.8. The van der Waals surface area contributed by atoms with Crippen LogP contribution in [0.2, 0.25) is 0 Å². The van der Waals surface area contributed by atoms with E-state index in [9.17, 15) is 4.79 Å². The van der Waals surface area contributed by atoms with Gasteiger partial charge in [-0.2, -0.15) is 0 Å². The fourth-order valence-electron chi connectivity index (χ4n) is 3.94. The predicted molar refractivity (Wildman–Crippen MR) is 125 cm³/mol. The van der Waals surface area contributed by atoms with Crippen molar-refractivity contribution in [3.8, 4) is 17.2 Å². The standard InChI is InChI=1S/C26H35NO5/c1-7-27-23(26(28)29-8-2)13-20-9-16(3)25(17(4)10-20)32-21-11-18(5)24(19(6)12-21)31-15-22-14-30-22/h9-12,22-23,27H,7-8,13-15H2,1-6H3. The molecule has 3 rings (SSSR count). The van der Waals surface area contributed by atoms with Gasteiger partial charge < -0.3 is 24.3 Å². The Bertz CT molecular complexity index is 905. The Morgan fingerprint density at radius 2 is 1.62 bits per heavy atom. The summed E-state index contributed by atoms with van der Waals surface area (Å²) < 4.78 is 22.7. The number of hydrogen-bond acceptors (Lipinski definition) is 6. The highest BCUT2D eigenvalue weighted by Gasteiger charge is 2.24. The highest BCUT2D eigenvalue weighted by atomic mass is 16.6. The molecule has 1 heterocycles. The number of aryl methyl sites for hydroxylation is 4. The average Bonchev–Trinajstić information content (AvgIpc) is 3.54. The molecule has 0 amide bonds. The zero-order chi connectivity index (χ0) is 23.3. The van der Waals surface area contributed by atoms with Crippen LogP contribution in [-0.2, 0) is 20.7 Å². The highest BCUT2D eigenvalue weighted by molar-refractivity contribution is 5.76. The molecule has 0 aromatic heterocycles. The molecule has 2 aromatic carbocycles. The van der Waals surface area contributed by atoms with Crippen LogP contribution in [0.25, 0.3) is 0 Å². The molecule has 0 aliphatic carbocycles. The van der Waals surface area contributed by atoms with Gasteiger partial charge in [-0.15, -0.1) is 0 Å². The molecule has 0 saturated carbocycles. The SMILES string of the molecule is CCNC(Cc1cc(C)c(Oc2cc(C)c(OCC3CO3)c(C)c2)c(C)c1)C(=O)OCC. The number of carbonyl (C=O) groups is 1. The minimum Gasteiger partial charge on any atom is -0.490 e. The maximum absolute atomic E-state index is 12.3. The van der Waals surface area contributed by atoms with Gasteiger partial charge in [-0.05, 0) is 87.5 Å². The zero-order valence-electron chi connectivity index (χ0n) is 20.0. The summed E-state index contributed by atoms with van der Waals surface area (Å²) in [6, 6.07) is 7.82. The van der Waals surface area contributed by atoms with Crippen molar-refractivity contribution in [1.82, 2.24) is 5.32 Å². The van der Waals surface area contributed by atoms with Crippen LogP contribution in [0.1, 0.15) is 41.7 Å². The molecule has 1 N–H and O–H groups in total. The molecular formula is C26H35NO5. The number of ether oxygens (including phenoxy) is 4. The van der Waals surface area contributed by atoms with Gasteiger partial charge in [0, 0.05) is 0 Å². The van der Waals surface area contributed by atoms with Gasteiger partial charge in [0.05, 0.1) is 13.2 Å². The van der Waals surface area contributed by atoms with Crippen LogP contribution in [-0.4, -0.2) is 44.5 Å². The number of carbonyl (C=O) groups excluding carboxylic acids is 1. The first-order chi connectivity index (χ1) is 15.3. The molecule has 0 radical (unpaired) electrons. The fourth-order valence-corrected chi connectivity index (χ4v) is 3.94. The first-order valence-electron chi connectivity index (χ1n) is 11.4. The largest absolute Gasteiger partial charge is 0.490 e. The lowest BCUT2D eigenvalue weighted by atomic mass is 10.00. The lowest BCUT2D eigenvalue weighted by Crippen LogP contribution is -2.39. The van der Waals surface area contributed by atoms with Crippen LogP contribution >= 0.6 is 0 Å². The number of benzene rings is 2. The third-order valence-corrected chi connectivity index (χ3v) is 5.45. The van der Waals surface area contributed by atoms with E-state index in [1.165, 1.54) is 0 Å². The van der Waals surface area contributed by atoms with Crippen LogP contribution in [0.5, 0.6) is 17.2 Å². The molecule has 174 valence electrons. The predicted octanol–water partition coefficient (Wildman–Crippen LogP) is 4.57. The summed E-state index contributed by atoms with van der Waals surface area (Å²) in [5, 5.41) is 3.22. The van der Waals surface area contributed by atoms with Crippen molar-refractivity contribution in [2.45, 2.75) is 60.1 Å². The van der Waals surface area contributed by atoms with E-state index < -0.39 is 0 Å². The van der Waals surface area contributed by atoms with E-state index in [2.05, 4.69) is 17.4 Å².